The molecule has 0 bridgehead atoms. The lowest BCUT2D eigenvalue weighted by molar-refractivity contribution is -0.917. The van der Waals surface area contributed by atoms with Crippen molar-refractivity contribution < 1.29 is 14.5 Å². The molecule has 0 radical (unpaired) electrons. The van der Waals surface area contributed by atoms with E-state index in [2.05, 4.69) is 5.32 Å². The number of nitrogens with one attached hydrogen (secondary N) is 2. The van der Waals surface area contributed by atoms with E-state index in [9.17, 15) is 9.59 Å². The van der Waals surface area contributed by atoms with Crippen molar-refractivity contribution in [3.05, 3.63) is 28.8 Å². The van der Waals surface area contributed by atoms with Gasteiger partial charge in [-0.15, -0.1) is 0 Å². The zero-order valence-electron chi connectivity index (χ0n) is 13.3. The molecule has 1 aromatic carbocycles. The molecular weight excluding hydrogens is 302 g/mol. The largest absolute Gasteiger partial charge is 0.332 e. The van der Waals surface area contributed by atoms with Crippen molar-refractivity contribution in [1.29, 1.82) is 0 Å². The van der Waals surface area contributed by atoms with Gasteiger partial charge >= 0.3 is 0 Å². The molecule has 0 unspecified atom stereocenters. The molecule has 2 N–H and O–H groups in total. The van der Waals surface area contributed by atoms with Crippen molar-refractivity contribution in [2.45, 2.75) is 26.8 Å². The number of nitrogens with zero attached hydrogens (tertiary/aromatic N) is 1. The maximum atomic E-state index is 12.4. The molecule has 2 rings (SSSR count). The van der Waals surface area contributed by atoms with E-state index < -0.39 is 0 Å². The topological polar surface area (TPSA) is 53.9 Å². The number of hydrogen-bond acceptors (Lipinski definition) is 2. The first-order chi connectivity index (χ1) is 10.4. The molecule has 120 valence electrons. The highest BCUT2D eigenvalue weighted by Gasteiger charge is 2.30. The van der Waals surface area contributed by atoms with Crippen molar-refractivity contribution in [2.24, 2.45) is 0 Å². The SMILES string of the molecule is CC(=O)N1CC[NH+]([C@H](C)C(=O)Nc2cc(Cl)ccc2C)CC1. The Morgan fingerprint density at radius 1 is 1.32 bits per heavy atom. The maximum absolute atomic E-state index is 12.4. The van der Waals surface area contributed by atoms with Crippen LogP contribution in [0.4, 0.5) is 5.69 Å². The molecular formula is C16H23ClN3O2+. The van der Waals surface area contributed by atoms with Gasteiger partial charge < -0.3 is 15.1 Å². The van der Waals surface area contributed by atoms with E-state index >= 15 is 0 Å². The van der Waals surface area contributed by atoms with Gasteiger partial charge in [-0.2, -0.15) is 0 Å². The van der Waals surface area contributed by atoms with Gasteiger partial charge in [0, 0.05) is 17.6 Å². The average Bonchev–Trinajstić information content (AvgIpc) is 2.50. The minimum atomic E-state index is -0.160. The van der Waals surface area contributed by atoms with E-state index in [1.54, 1.807) is 13.0 Å². The molecule has 0 aromatic heterocycles. The molecule has 0 saturated carbocycles. The third kappa shape index (κ3) is 3.99. The molecule has 1 saturated heterocycles. The summed E-state index contributed by atoms with van der Waals surface area (Å²) in [5, 5.41) is 3.56. The first-order valence-electron chi connectivity index (χ1n) is 7.55. The number of halogens is 1. The number of carbonyl (C=O) groups is 2. The van der Waals surface area contributed by atoms with Crippen LogP contribution in [-0.2, 0) is 9.59 Å². The second-order valence-electron chi connectivity index (χ2n) is 5.83. The van der Waals surface area contributed by atoms with Crippen molar-refractivity contribution in [1.82, 2.24) is 4.90 Å². The summed E-state index contributed by atoms with van der Waals surface area (Å²) in [6.45, 7) is 8.45. The highest BCUT2D eigenvalue weighted by molar-refractivity contribution is 6.31. The highest BCUT2D eigenvalue weighted by atomic mass is 35.5. The van der Waals surface area contributed by atoms with Crippen molar-refractivity contribution >= 4 is 29.1 Å². The van der Waals surface area contributed by atoms with Crippen LogP contribution < -0.4 is 10.2 Å². The molecule has 5 nitrogen and oxygen atoms in total. The number of quaternary nitrogens is 1. The first kappa shape index (κ1) is 16.8. The van der Waals surface area contributed by atoms with E-state index in [0.717, 1.165) is 24.3 Å². The van der Waals surface area contributed by atoms with Crippen LogP contribution in [0.3, 0.4) is 0 Å². The highest BCUT2D eigenvalue weighted by Crippen LogP contribution is 2.20. The lowest BCUT2D eigenvalue weighted by Crippen LogP contribution is -3.19. The van der Waals surface area contributed by atoms with Crippen LogP contribution in [0.15, 0.2) is 18.2 Å². The summed E-state index contributed by atoms with van der Waals surface area (Å²) in [7, 11) is 0. The van der Waals surface area contributed by atoms with Crippen LogP contribution in [0.1, 0.15) is 19.4 Å². The van der Waals surface area contributed by atoms with Crippen LogP contribution in [0.2, 0.25) is 5.02 Å². The van der Waals surface area contributed by atoms with Crippen molar-refractivity contribution in [3.8, 4) is 0 Å². The van der Waals surface area contributed by atoms with Crippen LogP contribution >= 0.6 is 11.6 Å². The van der Waals surface area contributed by atoms with E-state index in [-0.39, 0.29) is 17.9 Å². The predicted molar refractivity (Wildman–Crippen MR) is 87.2 cm³/mol. The summed E-state index contributed by atoms with van der Waals surface area (Å²) < 4.78 is 0. The predicted octanol–water partition coefficient (Wildman–Crippen LogP) is 0.722. The number of rotatable bonds is 3. The molecule has 0 spiro atoms. The van der Waals surface area contributed by atoms with Crippen molar-refractivity contribution in [3.63, 3.8) is 0 Å². The average molecular weight is 325 g/mol. The Morgan fingerprint density at radius 2 is 1.95 bits per heavy atom. The second-order valence-corrected chi connectivity index (χ2v) is 6.27. The number of piperazine rings is 1. The lowest BCUT2D eigenvalue weighted by atomic mass is 10.1. The molecule has 22 heavy (non-hydrogen) atoms. The number of aryl methyl sites for hydroxylation is 1. The Morgan fingerprint density at radius 3 is 2.55 bits per heavy atom. The quantitative estimate of drug-likeness (QED) is 0.861. The first-order valence-corrected chi connectivity index (χ1v) is 7.93. The second kappa shape index (κ2) is 7.11. The lowest BCUT2D eigenvalue weighted by Gasteiger charge is -2.34. The summed E-state index contributed by atoms with van der Waals surface area (Å²) in [6, 6.07) is 5.31. The number of benzene rings is 1. The van der Waals surface area contributed by atoms with Gasteiger partial charge in [-0.1, -0.05) is 17.7 Å². The zero-order valence-corrected chi connectivity index (χ0v) is 14.0. The minimum Gasteiger partial charge on any atom is -0.332 e. The van der Waals surface area contributed by atoms with E-state index in [1.165, 1.54) is 4.90 Å². The number of amides is 2. The zero-order chi connectivity index (χ0) is 16.3. The van der Waals surface area contributed by atoms with Gasteiger partial charge in [-0.25, -0.2) is 0 Å². The van der Waals surface area contributed by atoms with Crippen LogP contribution in [-0.4, -0.2) is 48.9 Å². The Hall–Kier alpha value is -1.59. The van der Waals surface area contributed by atoms with Gasteiger partial charge in [0.15, 0.2) is 6.04 Å². The Balaban J connectivity index is 1.95. The smallest absolute Gasteiger partial charge is 0.282 e. The summed E-state index contributed by atoms with van der Waals surface area (Å²) in [6.07, 6.45) is 0. The number of hydrogen-bond donors (Lipinski definition) is 2. The molecule has 1 atom stereocenters. The standard InChI is InChI=1S/C16H22ClN3O2/c1-11-4-5-14(17)10-15(11)18-16(22)12(2)19-6-8-20(9-7-19)13(3)21/h4-5,10,12H,6-9H2,1-3H3,(H,18,22)/p+1/t12-/m1/s1. The van der Waals surface area contributed by atoms with Crippen LogP contribution in [0.5, 0.6) is 0 Å². The molecule has 1 aliphatic heterocycles. The normalized spacial score (nSPS) is 17.2. The van der Waals surface area contributed by atoms with Crippen LogP contribution in [0.25, 0.3) is 0 Å². The molecule has 6 heteroatoms. The van der Waals surface area contributed by atoms with Gasteiger partial charge in [0.25, 0.3) is 5.91 Å². The third-order valence-electron chi connectivity index (χ3n) is 4.31. The molecule has 1 heterocycles. The molecule has 0 aliphatic carbocycles. The fourth-order valence-electron chi connectivity index (χ4n) is 2.70. The molecule has 1 aromatic rings. The number of anilines is 1. The summed E-state index contributed by atoms with van der Waals surface area (Å²) >= 11 is 5.98. The Labute approximate surface area is 136 Å². The van der Waals surface area contributed by atoms with Gasteiger partial charge in [-0.3, -0.25) is 9.59 Å². The number of carbonyl (C=O) groups excluding carboxylic acids is 2. The van der Waals surface area contributed by atoms with Gasteiger partial charge in [-0.05, 0) is 31.5 Å². The maximum Gasteiger partial charge on any atom is 0.282 e. The minimum absolute atomic E-state index is 0.0170. The van der Waals surface area contributed by atoms with Crippen LogP contribution in [0, 0.1) is 6.92 Å². The van der Waals surface area contributed by atoms with Gasteiger partial charge in [0.1, 0.15) is 0 Å². The Kier molecular flexibility index (Phi) is 5.42. The van der Waals surface area contributed by atoms with E-state index in [4.69, 9.17) is 11.6 Å². The summed E-state index contributed by atoms with van der Waals surface area (Å²) in [5.74, 6) is 0.0855. The summed E-state index contributed by atoms with van der Waals surface area (Å²) in [5.41, 5.74) is 1.74. The van der Waals surface area contributed by atoms with E-state index in [1.807, 2.05) is 30.9 Å². The van der Waals surface area contributed by atoms with E-state index in [0.29, 0.717) is 18.1 Å². The monoisotopic (exact) mass is 324 g/mol. The van der Waals surface area contributed by atoms with Crippen molar-refractivity contribution in [2.75, 3.05) is 31.5 Å². The molecule has 2 amide bonds. The summed E-state index contributed by atoms with van der Waals surface area (Å²) in [4.78, 5) is 26.8. The van der Waals surface area contributed by atoms with Gasteiger partial charge in [0.05, 0.1) is 26.2 Å². The van der Waals surface area contributed by atoms with Gasteiger partial charge in [0.2, 0.25) is 5.91 Å². The fraction of sp³-hybridized carbons (Fsp3) is 0.500. The molecule has 1 aliphatic rings. The molecule has 1 fully saturated rings. The fourth-order valence-corrected chi connectivity index (χ4v) is 2.87. The Bertz CT molecular complexity index is 569. The third-order valence-corrected chi connectivity index (χ3v) is 4.55.